The molecule has 4 saturated carbocycles. The van der Waals surface area contributed by atoms with Crippen molar-refractivity contribution < 1.29 is 9.50 Å². The first kappa shape index (κ1) is 17.4. The maximum Gasteiger partial charge on any atom is 0.148 e. The third-order valence-electron chi connectivity index (χ3n) is 7.34. The lowest BCUT2D eigenvalue weighted by Crippen LogP contribution is -2.61. The highest BCUT2D eigenvalue weighted by Gasteiger charge is 2.58. The number of aromatic nitrogens is 2. The molecule has 144 valence electrons. The second kappa shape index (κ2) is 6.14. The van der Waals surface area contributed by atoms with Crippen molar-refractivity contribution in [3.63, 3.8) is 0 Å². The van der Waals surface area contributed by atoms with Crippen molar-refractivity contribution in [1.82, 2.24) is 15.1 Å². The Morgan fingerprint density at radius 2 is 2.00 bits per heavy atom. The summed E-state index contributed by atoms with van der Waals surface area (Å²) in [7, 11) is 0. The molecule has 4 nitrogen and oxygen atoms in total. The van der Waals surface area contributed by atoms with Crippen molar-refractivity contribution in [2.75, 3.05) is 0 Å². The van der Waals surface area contributed by atoms with E-state index in [2.05, 4.69) is 17.3 Å². The number of nitrogens with one attached hydrogen (secondary N) is 1. The lowest BCUT2D eigenvalue weighted by atomic mass is 9.46. The molecule has 4 fully saturated rings. The average molecular weight is 369 g/mol. The van der Waals surface area contributed by atoms with Gasteiger partial charge in [0.2, 0.25) is 0 Å². The molecule has 0 saturated heterocycles. The zero-order valence-electron chi connectivity index (χ0n) is 15.9. The number of hydrogen-bond acceptors (Lipinski definition) is 3. The van der Waals surface area contributed by atoms with Crippen LogP contribution in [0.5, 0.6) is 0 Å². The number of hydrogen-bond donors (Lipinski definition) is 2. The van der Waals surface area contributed by atoms with Gasteiger partial charge in [0.05, 0.1) is 11.8 Å². The Morgan fingerprint density at radius 3 is 2.70 bits per heavy atom. The Labute approximate surface area is 159 Å². The number of para-hydroxylation sites is 1. The van der Waals surface area contributed by atoms with E-state index in [-0.39, 0.29) is 11.2 Å². The van der Waals surface area contributed by atoms with Gasteiger partial charge in [-0.15, -0.1) is 0 Å². The zero-order chi connectivity index (χ0) is 18.6. The summed E-state index contributed by atoms with van der Waals surface area (Å²) in [4.78, 5) is 0. The van der Waals surface area contributed by atoms with Crippen LogP contribution < -0.4 is 5.32 Å². The first-order valence-corrected chi connectivity index (χ1v) is 10.2. The molecule has 0 amide bonds. The minimum absolute atomic E-state index is 0.223. The maximum atomic E-state index is 14.0. The van der Waals surface area contributed by atoms with Gasteiger partial charge in [-0.3, -0.25) is 0 Å². The molecule has 2 aromatic rings. The fourth-order valence-electron chi connectivity index (χ4n) is 6.50. The van der Waals surface area contributed by atoms with Crippen LogP contribution in [0.4, 0.5) is 4.39 Å². The topological polar surface area (TPSA) is 50.1 Å². The lowest BCUT2D eigenvalue weighted by molar-refractivity contribution is -0.172. The number of aliphatic hydroxyl groups is 1. The van der Waals surface area contributed by atoms with Crippen LogP contribution in [-0.4, -0.2) is 26.5 Å². The van der Waals surface area contributed by atoms with E-state index in [4.69, 9.17) is 0 Å². The van der Waals surface area contributed by atoms with Crippen LogP contribution in [0.2, 0.25) is 0 Å². The molecule has 3 atom stereocenters. The molecule has 1 aromatic carbocycles. The molecule has 4 aliphatic rings. The van der Waals surface area contributed by atoms with Crippen LogP contribution in [0.3, 0.4) is 0 Å². The summed E-state index contributed by atoms with van der Waals surface area (Å²) in [6, 6.07) is 7.04. The highest BCUT2D eigenvalue weighted by molar-refractivity contribution is 5.33. The molecule has 1 aromatic heterocycles. The van der Waals surface area contributed by atoms with Gasteiger partial charge >= 0.3 is 0 Å². The summed E-state index contributed by atoms with van der Waals surface area (Å²) in [5.74, 6) is 1.13. The molecule has 0 aliphatic heterocycles. The number of nitrogens with zero attached hydrogens (tertiary/aromatic N) is 2. The van der Waals surface area contributed by atoms with Crippen LogP contribution in [0.1, 0.15) is 51.0 Å². The monoisotopic (exact) mass is 369 g/mol. The van der Waals surface area contributed by atoms with E-state index in [1.807, 2.05) is 12.3 Å². The highest BCUT2D eigenvalue weighted by Crippen LogP contribution is 2.62. The Kier molecular flexibility index (Phi) is 3.96. The molecule has 5 heteroatoms. The Balaban J connectivity index is 1.28. The molecular weight excluding hydrogens is 341 g/mol. The van der Waals surface area contributed by atoms with Crippen LogP contribution >= 0.6 is 0 Å². The quantitative estimate of drug-likeness (QED) is 0.842. The van der Waals surface area contributed by atoms with E-state index in [1.54, 1.807) is 23.0 Å². The van der Waals surface area contributed by atoms with Gasteiger partial charge in [0.15, 0.2) is 0 Å². The Bertz CT molecular complexity index is 834. The number of rotatable bonds is 5. The van der Waals surface area contributed by atoms with E-state index in [0.29, 0.717) is 30.1 Å². The van der Waals surface area contributed by atoms with Crippen molar-refractivity contribution in [3.8, 4) is 5.69 Å². The molecule has 0 radical (unpaired) electrons. The van der Waals surface area contributed by atoms with Gasteiger partial charge in [-0.2, -0.15) is 5.10 Å². The second-order valence-corrected chi connectivity index (χ2v) is 9.39. The van der Waals surface area contributed by atoms with Crippen molar-refractivity contribution in [3.05, 3.63) is 48.0 Å². The molecule has 6 rings (SSSR count). The van der Waals surface area contributed by atoms with Crippen LogP contribution in [-0.2, 0) is 6.54 Å². The lowest BCUT2D eigenvalue weighted by Gasteiger charge is -2.62. The van der Waals surface area contributed by atoms with Gasteiger partial charge < -0.3 is 10.4 Å². The molecule has 2 N–H and O–H groups in total. The molecule has 1 heterocycles. The predicted octanol–water partition coefficient (Wildman–Crippen LogP) is 3.82. The normalized spacial score (nSPS) is 35.5. The van der Waals surface area contributed by atoms with Crippen LogP contribution in [0.25, 0.3) is 5.69 Å². The summed E-state index contributed by atoms with van der Waals surface area (Å²) in [5, 5.41) is 19.0. The van der Waals surface area contributed by atoms with Gasteiger partial charge in [0, 0.05) is 24.3 Å². The van der Waals surface area contributed by atoms with Gasteiger partial charge in [0.25, 0.3) is 0 Å². The first-order valence-electron chi connectivity index (χ1n) is 10.2. The molecule has 3 unspecified atom stereocenters. The highest BCUT2D eigenvalue weighted by atomic mass is 19.1. The average Bonchev–Trinajstić information content (AvgIpc) is 3.06. The predicted molar refractivity (Wildman–Crippen MR) is 102 cm³/mol. The zero-order valence-corrected chi connectivity index (χ0v) is 15.9. The number of halogens is 1. The van der Waals surface area contributed by atoms with Gasteiger partial charge in [-0.25, -0.2) is 9.07 Å². The van der Waals surface area contributed by atoms with Crippen molar-refractivity contribution >= 4 is 0 Å². The molecule has 27 heavy (non-hydrogen) atoms. The van der Waals surface area contributed by atoms with E-state index < -0.39 is 5.60 Å². The largest absolute Gasteiger partial charge is 0.390 e. The van der Waals surface area contributed by atoms with Crippen molar-refractivity contribution in [1.29, 1.82) is 0 Å². The maximum absolute atomic E-state index is 14.0. The molecule has 4 bridgehead atoms. The van der Waals surface area contributed by atoms with Gasteiger partial charge in [-0.05, 0) is 74.8 Å². The third kappa shape index (κ3) is 3.01. The van der Waals surface area contributed by atoms with E-state index >= 15 is 0 Å². The first-order chi connectivity index (χ1) is 12.9. The minimum Gasteiger partial charge on any atom is -0.390 e. The van der Waals surface area contributed by atoms with Crippen LogP contribution in [0.15, 0.2) is 36.7 Å². The van der Waals surface area contributed by atoms with E-state index in [0.717, 1.165) is 24.8 Å². The van der Waals surface area contributed by atoms with E-state index in [9.17, 15) is 9.50 Å². The standard InChI is InChI=1S/C22H28FN3O/c1-15(21-7-16-6-17(8-21)10-22(27,9-16)14-21)24-11-18-12-25-26(13-18)20-5-3-2-4-19(20)23/h2-5,12-13,15-17,24,27H,6-11,14H2,1H3. The molecule has 0 spiro atoms. The summed E-state index contributed by atoms with van der Waals surface area (Å²) < 4.78 is 15.6. The summed E-state index contributed by atoms with van der Waals surface area (Å²) >= 11 is 0. The minimum atomic E-state index is -0.421. The molecule has 4 aliphatic carbocycles. The van der Waals surface area contributed by atoms with Crippen molar-refractivity contribution in [2.24, 2.45) is 17.3 Å². The van der Waals surface area contributed by atoms with E-state index in [1.165, 1.54) is 25.3 Å². The Morgan fingerprint density at radius 1 is 1.26 bits per heavy atom. The third-order valence-corrected chi connectivity index (χ3v) is 7.34. The summed E-state index contributed by atoms with van der Waals surface area (Å²) in [5.41, 5.74) is 1.32. The Hall–Kier alpha value is -1.72. The SMILES string of the molecule is CC(NCc1cnn(-c2ccccc2F)c1)C12CC3CC(CC(O)(C3)C1)C2. The summed E-state index contributed by atoms with van der Waals surface area (Å²) in [6.45, 7) is 2.99. The molecular formula is C22H28FN3O. The smallest absolute Gasteiger partial charge is 0.148 e. The van der Waals surface area contributed by atoms with Crippen LogP contribution in [0, 0.1) is 23.1 Å². The van der Waals surface area contributed by atoms with Crippen molar-refractivity contribution in [2.45, 2.75) is 63.6 Å². The second-order valence-electron chi connectivity index (χ2n) is 9.39. The fourth-order valence-corrected chi connectivity index (χ4v) is 6.50. The summed E-state index contributed by atoms with van der Waals surface area (Å²) in [6.07, 6.45) is 10.5. The van der Waals surface area contributed by atoms with Gasteiger partial charge in [-0.1, -0.05) is 12.1 Å². The van der Waals surface area contributed by atoms with Gasteiger partial charge in [0.1, 0.15) is 11.5 Å². The number of benzene rings is 1. The fraction of sp³-hybridized carbons (Fsp3) is 0.591.